The summed E-state index contributed by atoms with van der Waals surface area (Å²) in [5.41, 5.74) is 4.78. The Hall–Kier alpha value is -0.813. The van der Waals surface area contributed by atoms with Gasteiger partial charge in [-0.15, -0.1) is 0 Å². The second-order valence-electron chi connectivity index (χ2n) is 7.93. The van der Waals surface area contributed by atoms with Crippen LogP contribution in [0.5, 0.6) is 0 Å². The number of hydrogen-bond acceptors (Lipinski definition) is 6. The van der Waals surface area contributed by atoms with Crippen LogP contribution in [0.25, 0.3) is 0 Å². The Kier molecular flexibility index (Phi) is 5.02. The minimum absolute atomic E-state index is 0.00270. The van der Waals surface area contributed by atoms with E-state index in [1.54, 1.807) is 0 Å². The van der Waals surface area contributed by atoms with E-state index in [2.05, 4.69) is 20.9 Å². The average Bonchev–Trinajstić information content (AvgIpc) is 2.67. The molecule has 0 spiro atoms. The van der Waals surface area contributed by atoms with Crippen LogP contribution < -0.4 is 11.4 Å². The second-order valence-corrected chi connectivity index (χ2v) is 14.5. The number of nitrogens with zero attached hydrogens (tertiary/aromatic N) is 2. The second kappa shape index (κ2) is 6.12. The first-order valence-electron chi connectivity index (χ1n) is 7.94. The number of nitrogen functional groups attached to an aromatic ring is 1. The van der Waals surface area contributed by atoms with Gasteiger partial charge in [0.15, 0.2) is 5.35 Å². The number of aliphatic hydroxyl groups excluding tert-OH is 2. The normalized spacial score (nSPS) is 33.6. The summed E-state index contributed by atoms with van der Waals surface area (Å²) < 4.78 is 20.5. The summed E-state index contributed by atoms with van der Waals surface area (Å²) in [6, 6.07) is 1.38. The van der Waals surface area contributed by atoms with E-state index in [9.17, 15) is 15.0 Å². The molecular formula is C15H25BrFN3O4Si. The predicted octanol–water partition coefficient (Wildman–Crippen LogP) is 1.34. The van der Waals surface area contributed by atoms with Crippen LogP contribution in [0.3, 0.4) is 0 Å². The number of anilines is 1. The van der Waals surface area contributed by atoms with Crippen LogP contribution in [-0.2, 0) is 10.1 Å². The summed E-state index contributed by atoms with van der Waals surface area (Å²) >= 11 is 2.99. The first-order valence-corrected chi connectivity index (χ1v) is 11.7. The Morgan fingerprint density at radius 1 is 1.52 bits per heavy atom. The van der Waals surface area contributed by atoms with Gasteiger partial charge in [0.25, 0.3) is 0 Å². The average molecular weight is 438 g/mol. The molecule has 4 atom stereocenters. The molecule has 2 rings (SSSR count). The third kappa shape index (κ3) is 2.69. The molecule has 1 aliphatic heterocycles. The molecule has 0 saturated carbocycles. The van der Waals surface area contributed by atoms with Crippen molar-refractivity contribution < 1.29 is 19.3 Å². The van der Waals surface area contributed by atoms with Gasteiger partial charge in [-0.05, 0) is 27.0 Å². The van der Waals surface area contributed by atoms with Gasteiger partial charge in [-0.25, -0.2) is 9.18 Å². The largest absolute Gasteiger partial charge is 0.394 e. The fourth-order valence-electron chi connectivity index (χ4n) is 3.18. The quantitative estimate of drug-likeness (QED) is 0.485. The van der Waals surface area contributed by atoms with Gasteiger partial charge in [0.1, 0.15) is 26.1 Å². The molecule has 1 aromatic rings. The van der Waals surface area contributed by atoms with E-state index >= 15 is 4.39 Å². The third-order valence-corrected chi connectivity index (χ3v) is 13.1. The van der Waals surface area contributed by atoms with E-state index in [0.29, 0.717) is 0 Å². The van der Waals surface area contributed by atoms with Gasteiger partial charge in [-0.1, -0.05) is 33.9 Å². The molecule has 10 heteroatoms. The molecule has 1 aliphatic rings. The van der Waals surface area contributed by atoms with E-state index < -0.39 is 47.5 Å². The molecule has 0 bridgehead atoms. The Bertz CT molecular complexity index is 721. The molecule has 4 N–H and O–H groups in total. The lowest BCUT2D eigenvalue weighted by Crippen LogP contribution is -2.70. The molecule has 7 nitrogen and oxygen atoms in total. The fourth-order valence-corrected chi connectivity index (χ4v) is 8.46. The van der Waals surface area contributed by atoms with Gasteiger partial charge in [0.05, 0.1) is 6.61 Å². The lowest BCUT2D eigenvalue weighted by atomic mass is 10.1. The van der Waals surface area contributed by atoms with Gasteiger partial charge >= 0.3 is 5.69 Å². The summed E-state index contributed by atoms with van der Waals surface area (Å²) in [5, 5.41) is 17.7. The lowest BCUT2D eigenvalue weighted by molar-refractivity contribution is -0.0917. The molecule has 142 valence electrons. The van der Waals surface area contributed by atoms with Crippen molar-refractivity contribution in [3.63, 3.8) is 0 Å². The van der Waals surface area contributed by atoms with Gasteiger partial charge in [0.2, 0.25) is 4.58 Å². The maximum atomic E-state index is 16.0. The minimum Gasteiger partial charge on any atom is -0.394 e. The topological polar surface area (TPSA) is 111 Å². The summed E-state index contributed by atoms with van der Waals surface area (Å²) in [7, 11) is -2.88. The fraction of sp³-hybridized carbons (Fsp3) is 0.733. The predicted molar refractivity (Wildman–Crippen MR) is 98.8 cm³/mol. The summed E-state index contributed by atoms with van der Waals surface area (Å²) in [6.45, 7) is 8.95. The van der Waals surface area contributed by atoms with Crippen LogP contribution in [0.15, 0.2) is 17.1 Å². The van der Waals surface area contributed by atoms with Crippen molar-refractivity contribution in [1.82, 2.24) is 9.55 Å². The van der Waals surface area contributed by atoms with Gasteiger partial charge in [-0.2, -0.15) is 4.98 Å². The van der Waals surface area contributed by atoms with Crippen LogP contribution >= 0.6 is 15.9 Å². The Labute approximate surface area is 155 Å². The van der Waals surface area contributed by atoms with Crippen molar-refractivity contribution in [2.75, 3.05) is 12.3 Å². The monoisotopic (exact) mass is 437 g/mol. The van der Waals surface area contributed by atoms with Crippen molar-refractivity contribution in [2.24, 2.45) is 0 Å². The molecular weight excluding hydrogens is 413 g/mol. The number of halogens is 2. The first-order chi connectivity index (χ1) is 11.2. The summed E-state index contributed by atoms with van der Waals surface area (Å²) in [4.78, 5) is 16.3. The molecule has 0 aromatic carbocycles. The zero-order chi connectivity index (χ0) is 19.4. The van der Waals surface area contributed by atoms with Crippen LogP contribution in [-0.4, -0.2) is 51.2 Å². The minimum atomic E-state index is -2.88. The van der Waals surface area contributed by atoms with Crippen molar-refractivity contribution in [3.05, 3.63) is 22.7 Å². The highest BCUT2D eigenvalue weighted by Gasteiger charge is 2.75. The van der Waals surface area contributed by atoms with Crippen LogP contribution in [0.2, 0.25) is 18.1 Å². The molecule has 0 unspecified atom stereocenters. The third-order valence-electron chi connectivity index (χ3n) is 5.56. The van der Waals surface area contributed by atoms with E-state index in [4.69, 9.17) is 10.5 Å². The maximum absolute atomic E-state index is 16.0. The van der Waals surface area contributed by atoms with E-state index in [1.807, 2.05) is 33.9 Å². The Morgan fingerprint density at radius 3 is 2.48 bits per heavy atom. The zero-order valence-corrected chi connectivity index (χ0v) is 17.5. The summed E-state index contributed by atoms with van der Waals surface area (Å²) in [6.07, 6.45) is -1.54. The Morgan fingerprint density at radius 2 is 2.08 bits per heavy atom. The van der Waals surface area contributed by atoms with Crippen LogP contribution in [0.1, 0.15) is 20.8 Å². The van der Waals surface area contributed by atoms with Gasteiger partial charge in [-0.3, -0.25) is 4.57 Å². The summed E-state index contributed by atoms with van der Waals surface area (Å²) in [5.74, 6) is 0.00270. The van der Waals surface area contributed by atoms with Crippen molar-refractivity contribution in [1.29, 1.82) is 0 Å². The van der Waals surface area contributed by atoms with Crippen molar-refractivity contribution in [2.45, 2.75) is 61.0 Å². The standard InChI is InChI=1S/C15H25BrFN3O4Si/c1-13(2,3)25(4,5)15(20-7-6-10(18)19-12(20)23)14(16,17)11(22)9(8-21)24-15/h6-7,9,11,21-22H,8H2,1-5H3,(H2,18,19,23)/t9-,11-,14+,15+/m1/s1. The molecule has 1 saturated heterocycles. The maximum Gasteiger partial charge on any atom is 0.351 e. The van der Waals surface area contributed by atoms with Gasteiger partial charge < -0.3 is 20.7 Å². The van der Waals surface area contributed by atoms with E-state index in [1.165, 1.54) is 12.3 Å². The Balaban J connectivity index is 2.90. The highest BCUT2D eigenvalue weighted by Crippen LogP contribution is 2.59. The van der Waals surface area contributed by atoms with Gasteiger partial charge in [0, 0.05) is 6.20 Å². The smallest absolute Gasteiger partial charge is 0.351 e. The number of rotatable bonds is 3. The first kappa shape index (κ1) is 20.5. The molecule has 1 fully saturated rings. The van der Waals surface area contributed by atoms with Crippen molar-refractivity contribution in [3.8, 4) is 0 Å². The number of ether oxygens (including phenoxy) is 1. The van der Waals surface area contributed by atoms with E-state index in [0.717, 1.165) is 4.57 Å². The highest BCUT2D eigenvalue weighted by atomic mass is 79.9. The molecule has 25 heavy (non-hydrogen) atoms. The number of alkyl halides is 2. The number of nitrogens with two attached hydrogens (primary N) is 1. The highest BCUT2D eigenvalue weighted by molar-refractivity contribution is 9.10. The zero-order valence-electron chi connectivity index (χ0n) is 15.0. The number of hydrogen-bond donors (Lipinski definition) is 3. The number of aromatic nitrogens is 2. The van der Waals surface area contributed by atoms with Crippen LogP contribution in [0.4, 0.5) is 10.2 Å². The molecule has 0 radical (unpaired) electrons. The molecule has 2 heterocycles. The molecule has 0 amide bonds. The number of aliphatic hydroxyl groups is 2. The SMILES string of the molecule is CC(C)(C)[Si](C)(C)[C@@]1(n2ccc(N)nc2=O)O[C@H](CO)[C@@H](O)[C@@]1(F)Br. The lowest BCUT2D eigenvalue weighted by Gasteiger charge is -2.53. The molecule has 0 aliphatic carbocycles. The van der Waals surface area contributed by atoms with Crippen molar-refractivity contribution >= 4 is 29.8 Å². The molecule has 1 aromatic heterocycles. The van der Waals surface area contributed by atoms with Crippen LogP contribution in [0, 0.1) is 0 Å². The van der Waals surface area contributed by atoms with E-state index in [-0.39, 0.29) is 5.82 Å².